The Kier molecular flexibility index (Phi) is 6.28. The molecule has 0 saturated carbocycles. The summed E-state index contributed by atoms with van der Waals surface area (Å²) in [5, 5.41) is 17.3. The fraction of sp³-hybridized carbons (Fsp3) is 0.500. The average Bonchev–Trinajstić information content (AvgIpc) is 2.09. The first-order valence-electron chi connectivity index (χ1n) is 3.91. The SMILES string of the molecule is N=C(F)CNCC#CCC(N)C(=O)O. The van der Waals surface area contributed by atoms with Crippen molar-refractivity contribution in [3.8, 4) is 11.8 Å². The number of hydrogen-bond donors (Lipinski definition) is 4. The molecule has 1 unspecified atom stereocenters. The molecule has 0 amide bonds. The van der Waals surface area contributed by atoms with Crippen LogP contribution in [-0.4, -0.2) is 36.2 Å². The molecule has 0 aliphatic heterocycles. The number of nitrogens with one attached hydrogen (secondary N) is 2. The van der Waals surface area contributed by atoms with Crippen LogP contribution in [0, 0.1) is 17.3 Å². The number of carboxylic acid groups (broad SMARTS) is 1. The van der Waals surface area contributed by atoms with E-state index in [1.54, 1.807) is 0 Å². The molecular weight excluding hydrogens is 189 g/mol. The van der Waals surface area contributed by atoms with Crippen LogP contribution in [0.25, 0.3) is 0 Å². The van der Waals surface area contributed by atoms with E-state index in [9.17, 15) is 9.18 Å². The molecule has 14 heavy (non-hydrogen) atoms. The maximum atomic E-state index is 11.8. The molecular formula is C8H12FN3O2. The molecule has 0 saturated heterocycles. The van der Waals surface area contributed by atoms with Crippen LogP contribution in [-0.2, 0) is 4.79 Å². The second kappa shape index (κ2) is 7.00. The van der Waals surface area contributed by atoms with Crippen molar-refractivity contribution in [2.75, 3.05) is 13.1 Å². The van der Waals surface area contributed by atoms with E-state index in [1.165, 1.54) is 0 Å². The first kappa shape index (κ1) is 12.6. The zero-order valence-electron chi connectivity index (χ0n) is 7.51. The minimum Gasteiger partial charge on any atom is -0.480 e. The third-order valence-electron chi connectivity index (χ3n) is 1.26. The van der Waals surface area contributed by atoms with Gasteiger partial charge in [-0.15, -0.1) is 0 Å². The van der Waals surface area contributed by atoms with Crippen molar-refractivity contribution in [1.29, 1.82) is 5.41 Å². The highest BCUT2D eigenvalue weighted by molar-refractivity contribution is 5.73. The first-order chi connectivity index (χ1) is 6.54. The van der Waals surface area contributed by atoms with E-state index in [0.29, 0.717) is 0 Å². The maximum Gasteiger partial charge on any atom is 0.321 e. The van der Waals surface area contributed by atoms with Crippen molar-refractivity contribution < 1.29 is 14.3 Å². The highest BCUT2D eigenvalue weighted by Crippen LogP contribution is 1.84. The Morgan fingerprint density at radius 3 is 2.79 bits per heavy atom. The summed E-state index contributed by atoms with van der Waals surface area (Å²) < 4.78 is 11.8. The topological polar surface area (TPSA) is 99.2 Å². The van der Waals surface area contributed by atoms with Gasteiger partial charge >= 0.3 is 5.97 Å². The molecule has 0 rings (SSSR count). The lowest BCUT2D eigenvalue weighted by Crippen LogP contribution is -2.29. The molecule has 5 nitrogen and oxygen atoms in total. The van der Waals surface area contributed by atoms with Gasteiger partial charge in [-0.1, -0.05) is 11.8 Å². The van der Waals surface area contributed by atoms with E-state index in [4.69, 9.17) is 16.2 Å². The lowest BCUT2D eigenvalue weighted by molar-refractivity contribution is -0.138. The van der Waals surface area contributed by atoms with Gasteiger partial charge in [0.15, 0.2) is 5.97 Å². The van der Waals surface area contributed by atoms with E-state index in [2.05, 4.69) is 17.2 Å². The molecule has 0 aromatic rings. The molecule has 0 aromatic carbocycles. The zero-order chi connectivity index (χ0) is 11.0. The van der Waals surface area contributed by atoms with E-state index >= 15 is 0 Å². The van der Waals surface area contributed by atoms with Crippen molar-refractivity contribution in [2.45, 2.75) is 12.5 Å². The molecule has 0 aromatic heterocycles. The summed E-state index contributed by atoms with van der Waals surface area (Å²) in [6.45, 7) is 0.0400. The van der Waals surface area contributed by atoms with Crippen molar-refractivity contribution in [2.24, 2.45) is 5.73 Å². The van der Waals surface area contributed by atoms with Gasteiger partial charge in [-0.05, 0) is 0 Å². The molecule has 0 heterocycles. The van der Waals surface area contributed by atoms with Crippen LogP contribution in [0.15, 0.2) is 0 Å². The Labute approximate surface area is 81.0 Å². The standard InChI is InChI=1S/C8H12FN3O2/c9-7(11)5-12-4-2-1-3-6(10)8(13)14/h6,11-12H,3-5,10H2,(H,13,14). The predicted molar refractivity (Wildman–Crippen MR) is 49.7 cm³/mol. The Morgan fingerprint density at radius 1 is 1.64 bits per heavy atom. The smallest absolute Gasteiger partial charge is 0.321 e. The molecule has 1 atom stereocenters. The van der Waals surface area contributed by atoms with Crippen LogP contribution in [0.2, 0.25) is 0 Å². The number of carbonyl (C=O) groups is 1. The quantitative estimate of drug-likeness (QED) is 0.269. The second-order valence-electron chi connectivity index (χ2n) is 2.51. The first-order valence-corrected chi connectivity index (χ1v) is 3.91. The molecule has 0 aliphatic rings. The van der Waals surface area contributed by atoms with Crippen LogP contribution in [0.3, 0.4) is 0 Å². The van der Waals surface area contributed by atoms with Crippen LogP contribution in [0.4, 0.5) is 4.39 Å². The third kappa shape index (κ3) is 7.21. The molecule has 78 valence electrons. The predicted octanol–water partition coefficient (Wildman–Crippen LogP) is -0.672. The van der Waals surface area contributed by atoms with E-state index < -0.39 is 18.0 Å². The number of carboxylic acids is 1. The van der Waals surface area contributed by atoms with Crippen molar-refractivity contribution in [3.63, 3.8) is 0 Å². The maximum absolute atomic E-state index is 11.8. The van der Waals surface area contributed by atoms with Gasteiger partial charge in [0.2, 0.25) is 0 Å². The lowest BCUT2D eigenvalue weighted by atomic mass is 10.2. The van der Waals surface area contributed by atoms with E-state index in [1.807, 2.05) is 0 Å². The van der Waals surface area contributed by atoms with Crippen molar-refractivity contribution in [1.82, 2.24) is 5.32 Å². The number of aliphatic carboxylic acids is 1. The van der Waals surface area contributed by atoms with E-state index in [-0.39, 0.29) is 19.5 Å². The van der Waals surface area contributed by atoms with Crippen LogP contribution in [0.1, 0.15) is 6.42 Å². The summed E-state index contributed by atoms with van der Waals surface area (Å²) in [6.07, 6.45) is 0.0596. The van der Waals surface area contributed by atoms with Gasteiger partial charge < -0.3 is 10.8 Å². The zero-order valence-corrected chi connectivity index (χ0v) is 7.51. The van der Waals surface area contributed by atoms with Crippen LogP contribution in [0.5, 0.6) is 0 Å². The van der Waals surface area contributed by atoms with Crippen molar-refractivity contribution >= 4 is 11.9 Å². The van der Waals surface area contributed by atoms with Gasteiger partial charge in [-0.2, -0.15) is 4.39 Å². The minimum atomic E-state index is -1.10. The summed E-state index contributed by atoms with van der Waals surface area (Å²) >= 11 is 0. The lowest BCUT2D eigenvalue weighted by Gasteiger charge is -1.98. The summed E-state index contributed by atoms with van der Waals surface area (Å²) in [6, 6.07) is -0.984. The second-order valence-corrected chi connectivity index (χ2v) is 2.51. The normalized spacial score (nSPS) is 11.3. The van der Waals surface area contributed by atoms with Gasteiger partial charge in [0, 0.05) is 6.42 Å². The van der Waals surface area contributed by atoms with Gasteiger partial charge in [0.1, 0.15) is 6.04 Å². The summed E-state index contributed by atoms with van der Waals surface area (Å²) in [7, 11) is 0. The highest BCUT2D eigenvalue weighted by atomic mass is 19.1. The number of rotatable bonds is 5. The van der Waals surface area contributed by atoms with Crippen molar-refractivity contribution in [3.05, 3.63) is 0 Å². The van der Waals surface area contributed by atoms with Crippen LogP contribution < -0.4 is 11.1 Å². The summed E-state index contributed by atoms with van der Waals surface area (Å²) in [5.74, 6) is 3.02. The molecule has 0 aliphatic carbocycles. The third-order valence-corrected chi connectivity index (χ3v) is 1.26. The van der Waals surface area contributed by atoms with Gasteiger partial charge in [-0.3, -0.25) is 15.5 Å². The van der Waals surface area contributed by atoms with Crippen LogP contribution >= 0.6 is 0 Å². The molecule has 6 heteroatoms. The minimum absolute atomic E-state index is 0.0596. The monoisotopic (exact) mass is 201 g/mol. The Balaban J connectivity index is 3.53. The Hall–Kier alpha value is -1.45. The summed E-state index contributed by atoms with van der Waals surface area (Å²) in [5.41, 5.74) is 5.16. The number of hydrogen-bond acceptors (Lipinski definition) is 4. The fourth-order valence-corrected chi connectivity index (χ4v) is 0.567. The molecule has 0 spiro atoms. The van der Waals surface area contributed by atoms with Gasteiger partial charge in [0.05, 0.1) is 13.1 Å². The molecule has 0 radical (unpaired) electrons. The van der Waals surface area contributed by atoms with Gasteiger partial charge in [0.25, 0.3) is 0 Å². The number of nitrogens with two attached hydrogens (primary N) is 1. The van der Waals surface area contributed by atoms with Gasteiger partial charge in [-0.25, -0.2) is 0 Å². The van der Waals surface area contributed by atoms with E-state index in [0.717, 1.165) is 0 Å². The summed E-state index contributed by atoms with van der Waals surface area (Å²) in [4.78, 5) is 10.2. The molecule has 5 N–H and O–H groups in total. The molecule has 0 bridgehead atoms. The molecule has 0 fully saturated rings. The Morgan fingerprint density at radius 2 is 2.29 bits per heavy atom. The Bertz CT molecular complexity index is 269. The number of halogens is 1. The largest absolute Gasteiger partial charge is 0.480 e. The highest BCUT2D eigenvalue weighted by Gasteiger charge is 2.07. The fourth-order valence-electron chi connectivity index (χ4n) is 0.567. The average molecular weight is 201 g/mol.